The molecule has 0 radical (unpaired) electrons. The summed E-state index contributed by atoms with van der Waals surface area (Å²) in [4.78, 5) is 36.5. The molecule has 1 atom stereocenters. The van der Waals surface area contributed by atoms with Crippen LogP contribution in [0.25, 0.3) is 0 Å². The highest BCUT2D eigenvalue weighted by atomic mass is 16.6. The molecule has 140 valence electrons. The molecule has 3 rings (SSSR count). The predicted molar refractivity (Wildman–Crippen MR) is 98.9 cm³/mol. The van der Waals surface area contributed by atoms with Crippen molar-refractivity contribution in [2.45, 2.75) is 6.42 Å². The lowest BCUT2D eigenvalue weighted by Crippen LogP contribution is -2.31. The molecule has 2 aromatic carbocycles. The Kier molecular flexibility index (Phi) is 5.35. The van der Waals surface area contributed by atoms with Gasteiger partial charge in [0.25, 0.3) is 11.6 Å². The zero-order valence-corrected chi connectivity index (χ0v) is 14.8. The number of carbonyl (C=O) groups excluding carboxylic acids is 2. The van der Waals surface area contributed by atoms with Crippen molar-refractivity contribution in [3.8, 4) is 5.75 Å². The highest BCUT2D eigenvalue weighted by Gasteiger charge is 2.30. The van der Waals surface area contributed by atoms with Crippen molar-refractivity contribution in [3.63, 3.8) is 0 Å². The maximum Gasteiger partial charge on any atom is 0.270 e. The largest absolute Gasteiger partial charge is 0.497 e. The standard InChI is InChI=1S/C19H19N3O5/c1-27-17-7-5-15(6-8-17)21-12-13(9-18(21)23)11-20-19(24)14-3-2-4-16(10-14)22(25)26/h2-8,10,13H,9,11-12H2,1H3,(H,20,24). The van der Waals surface area contributed by atoms with E-state index in [2.05, 4.69) is 5.32 Å². The average Bonchev–Trinajstić information content (AvgIpc) is 3.06. The van der Waals surface area contributed by atoms with Gasteiger partial charge in [-0.2, -0.15) is 0 Å². The van der Waals surface area contributed by atoms with Gasteiger partial charge >= 0.3 is 0 Å². The second-order valence-electron chi connectivity index (χ2n) is 6.29. The number of benzene rings is 2. The maximum absolute atomic E-state index is 12.3. The fourth-order valence-electron chi connectivity index (χ4n) is 3.03. The first-order chi connectivity index (χ1) is 13.0. The smallest absolute Gasteiger partial charge is 0.270 e. The van der Waals surface area contributed by atoms with E-state index < -0.39 is 10.8 Å². The van der Waals surface area contributed by atoms with Crippen molar-refractivity contribution in [3.05, 3.63) is 64.2 Å². The number of rotatable bonds is 6. The number of non-ortho nitro benzene ring substituents is 1. The lowest BCUT2D eigenvalue weighted by Gasteiger charge is -2.17. The van der Waals surface area contributed by atoms with Gasteiger partial charge in [-0.05, 0) is 30.3 Å². The van der Waals surface area contributed by atoms with Crippen LogP contribution in [0.5, 0.6) is 5.75 Å². The second kappa shape index (κ2) is 7.86. The van der Waals surface area contributed by atoms with Crippen LogP contribution >= 0.6 is 0 Å². The molecule has 1 saturated heterocycles. The molecule has 0 spiro atoms. The van der Waals surface area contributed by atoms with Crippen molar-refractivity contribution in [2.75, 3.05) is 25.1 Å². The SMILES string of the molecule is COc1ccc(N2CC(CNC(=O)c3cccc([N+](=O)[O-])c3)CC2=O)cc1. The molecule has 1 fully saturated rings. The number of hydrogen-bond donors (Lipinski definition) is 1. The summed E-state index contributed by atoms with van der Waals surface area (Å²) < 4.78 is 5.12. The molecule has 0 aromatic heterocycles. The number of ether oxygens (including phenoxy) is 1. The first kappa shape index (κ1) is 18.4. The minimum absolute atomic E-state index is 0.00485. The fraction of sp³-hybridized carbons (Fsp3) is 0.263. The van der Waals surface area contributed by atoms with Gasteiger partial charge in [-0.25, -0.2) is 0 Å². The van der Waals surface area contributed by atoms with Gasteiger partial charge < -0.3 is 15.0 Å². The maximum atomic E-state index is 12.3. The first-order valence-electron chi connectivity index (χ1n) is 8.45. The molecule has 0 bridgehead atoms. The third-order valence-electron chi connectivity index (χ3n) is 4.46. The summed E-state index contributed by atoms with van der Waals surface area (Å²) in [5.41, 5.74) is 0.873. The number of nitro benzene ring substituents is 1. The molecule has 1 aliphatic rings. The fourth-order valence-corrected chi connectivity index (χ4v) is 3.03. The Morgan fingerprint density at radius 1 is 1.30 bits per heavy atom. The number of amides is 2. The van der Waals surface area contributed by atoms with Crippen LogP contribution in [-0.4, -0.2) is 36.9 Å². The molecular formula is C19H19N3O5. The van der Waals surface area contributed by atoms with E-state index in [0.29, 0.717) is 25.3 Å². The van der Waals surface area contributed by atoms with Gasteiger partial charge in [-0.15, -0.1) is 0 Å². The van der Waals surface area contributed by atoms with E-state index in [0.717, 1.165) is 5.69 Å². The van der Waals surface area contributed by atoms with Gasteiger partial charge in [0.1, 0.15) is 5.75 Å². The highest BCUT2D eigenvalue weighted by Crippen LogP contribution is 2.26. The molecule has 8 nitrogen and oxygen atoms in total. The van der Waals surface area contributed by atoms with Gasteiger partial charge in [-0.1, -0.05) is 6.07 Å². The minimum Gasteiger partial charge on any atom is -0.497 e. The molecule has 1 unspecified atom stereocenters. The van der Waals surface area contributed by atoms with E-state index >= 15 is 0 Å². The van der Waals surface area contributed by atoms with Crippen LogP contribution in [0, 0.1) is 16.0 Å². The van der Waals surface area contributed by atoms with Crippen LogP contribution in [0.3, 0.4) is 0 Å². The zero-order valence-electron chi connectivity index (χ0n) is 14.8. The lowest BCUT2D eigenvalue weighted by atomic mass is 10.1. The molecule has 1 N–H and O–H groups in total. The van der Waals surface area contributed by atoms with Crippen molar-refractivity contribution < 1.29 is 19.2 Å². The van der Waals surface area contributed by atoms with Crippen LogP contribution in [0.2, 0.25) is 0 Å². The van der Waals surface area contributed by atoms with Crippen LogP contribution in [0.15, 0.2) is 48.5 Å². The van der Waals surface area contributed by atoms with Gasteiger partial charge in [0, 0.05) is 48.8 Å². The first-order valence-corrected chi connectivity index (χ1v) is 8.45. The Bertz CT molecular complexity index is 866. The summed E-state index contributed by atoms with van der Waals surface area (Å²) in [6.45, 7) is 0.820. The lowest BCUT2D eigenvalue weighted by molar-refractivity contribution is -0.384. The molecule has 1 heterocycles. The second-order valence-corrected chi connectivity index (χ2v) is 6.29. The predicted octanol–water partition coefficient (Wildman–Crippen LogP) is 2.39. The quantitative estimate of drug-likeness (QED) is 0.622. The zero-order chi connectivity index (χ0) is 19.4. The van der Waals surface area contributed by atoms with Crippen molar-refractivity contribution >= 4 is 23.2 Å². The number of nitro groups is 1. The Hall–Kier alpha value is -3.42. The Morgan fingerprint density at radius 3 is 2.70 bits per heavy atom. The van der Waals surface area contributed by atoms with Gasteiger partial charge in [0.05, 0.1) is 12.0 Å². The summed E-state index contributed by atoms with van der Waals surface area (Å²) in [6, 6.07) is 12.8. The Balaban J connectivity index is 1.59. The van der Waals surface area contributed by atoms with Crippen LogP contribution < -0.4 is 15.0 Å². The number of anilines is 1. The molecule has 0 saturated carbocycles. The number of hydrogen-bond acceptors (Lipinski definition) is 5. The summed E-state index contributed by atoms with van der Waals surface area (Å²) >= 11 is 0. The van der Waals surface area contributed by atoms with E-state index in [1.54, 1.807) is 24.1 Å². The van der Waals surface area contributed by atoms with Gasteiger partial charge in [0.15, 0.2) is 0 Å². The summed E-state index contributed by atoms with van der Waals surface area (Å²) in [6.07, 6.45) is 0.335. The van der Waals surface area contributed by atoms with Crippen LogP contribution in [-0.2, 0) is 4.79 Å². The van der Waals surface area contributed by atoms with Crippen LogP contribution in [0.4, 0.5) is 11.4 Å². The molecule has 27 heavy (non-hydrogen) atoms. The molecular weight excluding hydrogens is 350 g/mol. The molecule has 8 heteroatoms. The highest BCUT2D eigenvalue weighted by molar-refractivity contribution is 5.96. The van der Waals surface area contributed by atoms with E-state index in [1.165, 1.54) is 24.3 Å². The third kappa shape index (κ3) is 4.22. The van der Waals surface area contributed by atoms with E-state index in [1.807, 2.05) is 12.1 Å². The number of nitrogens with zero attached hydrogens (tertiary/aromatic N) is 2. The van der Waals surface area contributed by atoms with E-state index in [-0.39, 0.29) is 23.1 Å². The molecule has 2 aromatic rings. The van der Waals surface area contributed by atoms with Crippen molar-refractivity contribution in [1.82, 2.24) is 5.32 Å². The minimum atomic E-state index is -0.543. The number of methoxy groups -OCH3 is 1. The Morgan fingerprint density at radius 2 is 2.04 bits per heavy atom. The number of carbonyl (C=O) groups is 2. The summed E-state index contributed by atoms with van der Waals surface area (Å²) in [5, 5.41) is 13.6. The third-order valence-corrected chi connectivity index (χ3v) is 4.46. The van der Waals surface area contributed by atoms with Crippen molar-refractivity contribution in [2.24, 2.45) is 5.92 Å². The Labute approximate surface area is 155 Å². The topological polar surface area (TPSA) is 102 Å². The average molecular weight is 369 g/mol. The van der Waals surface area contributed by atoms with Crippen LogP contribution in [0.1, 0.15) is 16.8 Å². The van der Waals surface area contributed by atoms with E-state index in [9.17, 15) is 19.7 Å². The normalized spacial score (nSPS) is 16.3. The summed E-state index contributed by atoms with van der Waals surface area (Å²) in [5.74, 6) is 0.289. The summed E-state index contributed by atoms with van der Waals surface area (Å²) in [7, 11) is 1.58. The van der Waals surface area contributed by atoms with Crippen molar-refractivity contribution in [1.29, 1.82) is 0 Å². The number of nitrogens with one attached hydrogen (secondary N) is 1. The monoisotopic (exact) mass is 369 g/mol. The van der Waals surface area contributed by atoms with E-state index in [4.69, 9.17) is 4.74 Å². The molecule has 0 aliphatic carbocycles. The molecule has 2 amide bonds. The molecule has 1 aliphatic heterocycles. The van der Waals surface area contributed by atoms with Gasteiger partial charge in [0.2, 0.25) is 5.91 Å². The van der Waals surface area contributed by atoms with Gasteiger partial charge in [-0.3, -0.25) is 19.7 Å².